The van der Waals surface area contributed by atoms with E-state index in [4.69, 9.17) is 0 Å². The van der Waals surface area contributed by atoms with Gasteiger partial charge in [0.25, 0.3) is 0 Å². The summed E-state index contributed by atoms with van der Waals surface area (Å²) >= 11 is 0. The molecule has 4 nitrogen and oxygen atoms in total. The Hall–Kier alpha value is -1.84. The fourth-order valence-electron chi connectivity index (χ4n) is 1.95. The number of unbranched alkanes of at least 4 members (excludes halogenated alkanes) is 2. The number of nitrogens with zero attached hydrogens (tertiary/aromatic N) is 2. The van der Waals surface area contributed by atoms with Gasteiger partial charge in [-0.05, 0) is 12.5 Å². The molecule has 96 valence electrons. The van der Waals surface area contributed by atoms with Gasteiger partial charge in [-0.25, -0.2) is 4.99 Å². The molecule has 0 amide bonds. The van der Waals surface area contributed by atoms with Crippen molar-refractivity contribution in [1.29, 1.82) is 0 Å². The predicted octanol–water partition coefficient (Wildman–Crippen LogP) is 2.64. The fraction of sp³-hybridized carbons (Fsp3) is 0.429. The van der Waals surface area contributed by atoms with Crippen molar-refractivity contribution in [3.8, 4) is 0 Å². The molecule has 18 heavy (non-hydrogen) atoms. The Morgan fingerprint density at radius 2 is 2.33 bits per heavy atom. The van der Waals surface area contributed by atoms with Gasteiger partial charge in [-0.3, -0.25) is 4.79 Å². The third kappa shape index (κ3) is 3.09. The molecule has 0 aromatic carbocycles. The number of aromatic nitrogens is 1. The van der Waals surface area contributed by atoms with E-state index in [-0.39, 0.29) is 5.56 Å². The molecule has 1 aromatic heterocycles. The van der Waals surface area contributed by atoms with E-state index in [1.807, 2.05) is 12.3 Å². The molecule has 0 fully saturated rings. The first-order valence-electron chi connectivity index (χ1n) is 6.47. The topological polar surface area (TPSA) is 48.5 Å². The first-order valence-corrected chi connectivity index (χ1v) is 6.47. The number of pyridine rings is 1. The molecule has 1 aliphatic rings. The van der Waals surface area contributed by atoms with Crippen molar-refractivity contribution >= 4 is 17.7 Å². The fourth-order valence-corrected chi connectivity index (χ4v) is 1.95. The summed E-state index contributed by atoms with van der Waals surface area (Å²) in [6, 6.07) is 3.39. The van der Waals surface area contributed by atoms with Gasteiger partial charge in [0.2, 0.25) is 5.56 Å². The van der Waals surface area contributed by atoms with Gasteiger partial charge < -0.3 is 9.88 Å². The maximum Gasteiger partial charge on any atom is 0.249 e. The number of H-pyrrole nitrogens is 1. The third-order valence-corrected chi connectivity index (χ3v) is 2.96. The van der Waals surface area contributed by atoms with Gasteiger partial charge in [-0.1, -0.05) is 31.9 Å². The number of rotatable bonds is 5. The highest BCUT2D eigenvalue weighted by molar-refractivity contribution is 5.79. The number of anilines is 1. The van der Waals surface area contributed by atoms with E-state index < -0.39 is 0 Å². The molecule has 0 bridgehead atoms. The second-order valence-corrected chi connectivity index (χ2v) is 4.39. The zero-order chi connectivity index (χ0) is 12.8. The summed E-state index contributed by atoms with van der Waals surface area (Å²) < 4.78 is 0. The predicted molar refractivity (Wildman–Crippen MR) is 76.1 cm³/mol. The average molecular weight is 245 g/mol. The highest BCUT2D eigenvalue weighted by Gasteiger charge is 2.13. The van der Waals surface area contributed by atoms with Gasteiger partial charge in [-0.2, -0.15) is 0 Å². The Bertz CT molecular complexity index is 502. The van der Waals surface area contributed by atoms with Crippen LogP contribution in [0.15, 0.2) is 34.1 Å². The Morgan fingerprint density at radius 3 is 3.17 bits per heavy atom. The van der Waals surface area contributed by atoms with Crippen molar-refractivity contribution in [1.82, 2.24) is 4.98 Å². The molecule has 4 heteroatoms. The summed E-state index contributed by atoms with van der Waals surface area (Å²) in [4.78, 5) is 20.4. The van der Waals surface area contributed by atoms with Crippen LogP contribution in [0.25, 0.3) is 0 Å². The first-order chi connectivity index (χ1) is 8.81. The summed E-state index contributed by atoms with van der Waals surface area (Å²) in [6.07, 6.45) is 9.84. The Labute approximate surface area is 107 Å². The van der Waals surface area contributed by atoms with Crippen molar-refractivity contribution in [2.45, 2.75) is 26.2 Å². The molecule has 1 N–H and O–H groups in total. The number of hydrogen-bond donors (Lipinski definition) is 1. The highest BCUT2D eigenvalue weighted by Crippen LogP contribution is 2.26. The van der Waals surface area contributed by atoms with E-state index >= 15 is 0 Å². The van der Waals surface area contributed by atoms with E-state index in [0.29, 0.717) is 5.82 Å². The first kappa shape index (κ1) is 12.6. The van der Waals surface area contributed by atoms with Gasteiger partial charge in [0.05, 0.1) is 12.2 Å². The minimum atomic E-state index is -0.105. The summed E-state index contributed by atoms with van der Waals surface area (Å²) in [5.74, 6) is 0.663. The molecule has 0 spiro atoms. The average Bonchev–Trinajstić information content (AvgIpc) is 2.38. The zero-order valence-corrected chi connectivity index (χ0v) is 10.7. The van der Waals surface area contributed by atoms with Gasteiger partial charge >= 0.3 is 0 Å². The number of nitrogens with one attached hydrogen (secondary N) is 1. The van der Waals surface area contributed by atoms with E-state index in [1.165, 1.54) is 12.8 Å². The second-order valence-electron chi connectivity index (χ2n) is 4.39. The third-order valence-electron chi connectivity index (χ3n) is 2.96. The van der Waals surface area contributed by atoms with Crippen LogP contribution in [0.1, 0.15) is 26.2 Å². The smallest absolute Gasteiger partial charge is 0.249 e. The van der Waals surface area contributed by atoms with E-state index in [2.05, 4.69) is 34.0 Å². The van der Waals surface area contributed by atoms with Crippen LogP contribution in [0.3, 0.4) is 0 Å². The number of fused-ring (bicyclic) bond motifs is 1. The number of aliphatic imine (C=N–C) groups is 1. The van der Waals surface area contributed by atoms with Crippen molar-refractivity contribution in [2.75, 3.05) is 18.0 Å². The number of aromatic amines is 1. The molecular formula is C14H19N3O. The minimum absolute atomic E-state index is 0.105. The molecule has 1 aromatic rings. The lowest BCUT2D eigenvalue weighted by Gasteiger charge is -2.25. The van der Waals surface area contributed by atoms with Crippen LogP contribution in [0, 0.1) is 0 Å². The van der Waals surface area contributed by atoms with E-state index in [0.717, 1.165) is 25.2 Å². The zero-order valence-electron chi connectivity index (χ0n) is 10.7. The lowest BCUT2D eigenvalue weighted by Crippen LogP contribution is -2.28. The number of allylic oxidation sites excluding steroid dienone is 1. The maximum atomic E-state index is 11.2. The van der Waals surface area contributed by atoms with Crippen LogP contribution >= 0.6 is 0 Å². The molecule has 1 aliphatic heterocycles. The minimum Gasteiger partial charge on any atom is -0.360 e. The Kier molecular flexibility index (Phi) is 4.34. The van der Waals surface area contributed by atoms with Crippen LogP contribution in [0.5, 0.6) is 0 Å². The monoisotopic (exact) mass is 245 g/mol. The van der Waals surface area contributed by atoms with Gasteiger partial charge in [0.1, 0.15) is 0 Å². The van der Waals surface area contributed by atoms with Crippen molar-refractivity contribution in [2.24, 2.45) is 4.99 Å². The lowest BCUT2D eigenvalue weighted by atomic mass is 10.2. The standard InChI is InChI=1S/C14H19N3O/c1-2-3-4-5-6-10-17-11-9-15-14-12(17)7-8-13(18)16-14/h5-9H,2-4,10-11H2,1H3,(H,16,18). The molecule has 0 aliphatic carbocycles. The Balaban J connectivity index is 2.02. The molecule has 2 rings (SSSR count). The number of hydrogen-bond acceptors (Lipinski definition) is 3. The lowest BCUT2D eigenvalue weighted by molar-refractivity contribution is 0.812. The molecule has 0 unspecified atom stereocenters. The van der Waals surface area contributed by atoms with Gasteiger partial charge in [0, 0.05) is 18.8 Å². The largest absolute Gasteiger partial charge is 0.360 e. The summed E-state index contributed by atoms with van der Waals surface area (Å²) in [6.45, 7) is 3.84. The van der Waals surface area contributed by atoms with Crippen LogP contribution in [-0.4, -0.2) is 24.3 Å². The highest BCUT2D eigenvalue weighted by atomic mass is 16.1. The summed E-state index contributed by atoms with van der Waals surface area (Å²) in [7, 11) is 0. The quantitative estimate of drug-likeness (QED) is 0.640. The van der Waals surface area contributed by atoms with Gasteiger partial charge in [0.15, 0.2) is 5.82 Å². The van der Waals surface area contributed by atoms with Crippen LogP contribution in [0.4, 0.5) is 11.5 Å². The molecule has 2 heterocycles. The summed E-state index contributed by atoms with van der Waals surface area (Å²) in [5, 5.41) is 0. The normalized spacial score (nSPS) is 14.2. The molecule has 0 radical (unpaired) electrons. The SMILES string of the molecule is CCCCC=CCN1CC=Nc2[nH]c(=O)ccc21. The molecular weight excluding hydrogens is 226 g/mol. The Morgan fingerprint density at radius 1 is 1.44 bits per heavy atom. The van der Waals surface area contributed by atoms with Gasteiger partial charge in [-0.15, -0.1) is 0 Å². The van der Waals surface area contributed by atoms with E-state index in [1.54, 1.807) is 6.07 Å². The van der Waals surface area contributed by atoms with Crippen molar-refractivity contribution < 1.29 is 0 Å². The molecule has 0 atom stereocenters. The van der Waals surface area contributed by atoms with Crippen LogP contribution < -0.4 is 10.5 Å². The second kappa shape index (κ2) is 6.19. The summed E-state index contributed by atoms with van der Waals surface area (Å²) in [5.41, 5.74) is 0.892. The van der Waals surface area contributed by atoms with Crippen molar-refractivity contribution in [3.63, 3.8) is 0 Å². The molecule has 0 saturated carbocycles. The maximum absolute atomic E-state index is 11.2. The molecule has 0 saturated heterocycles. The van der Waals surface area contributed by atoms with Crippen LogP contribution in [-0.2, 0) is 0 Å². The van der Waals surface area contributed by atoms with E-state index in [9.17, 15) is 4.79 Å². The van der Waals surface area contributed by atoms with Crippen LogP contribution in [0.2, 0.25) is 0 Å². The van der Waals surface area contributed by atoms with Crippen molar-refractivity contribution in [3.05, 3.63) is 34.6 Å².